The van der Waals surface area contributed by atoms with E-state index in [9.17, 15) is 13.2 Å². The molecule has 0 spiro atoms. The molecule has 2 aliphatic heterocycles. The minimum absolute atomic E-state index is 0.146. The van der Waals surface area contributed by atoms with Crippen LogP contribution in [0.1, 0.15) is 10.4 Å². The molecule has 0 saturated carbocycles. The number of anilines is 2. The molecule has 32 heavy (non-hydrogen) atoms. The van der Waals surface area contributed by atoms with Crippen molar-refractivity contribution in [2.75, 3.05) is 68.5 Å². The molecular weight excluding hydrogens is 473 g/mol. The first-order valence-electron chi connectivity index (χ1n) is 10.4. The highest BCUT2D eigenvalue weighted by Crippen LogP contribution is 2.29. The average Bonchev–Trinajstić information content (AvgIpc) is 2.80. The Bertz CT molecular complexity index is 1110. The summed E-state index contributed by atoms with van der Waals surface area (Å²) in [5, 5.41) is 1.00. The van der Waals surface area contributed by atoms with Gasteiger partial charge in [-0.15, -0.1) is 0 Å². The highest BCUT2D eigenvalue weighted by atomic mass is 35.5. The lowest BCUT2D eigenvalue weighted by molar-refractivity contribution is 0.0746. The average molecular weight is 498 g/mol. The largest absolute Gasteiger partial charge is 0.378 e. The first-order valence-corrected chi connectivity index (χ1v) is 13.0. The van der Waals surface area contributed by atoms with Gasteiger partial charge in [0, 0.05) is 56.9 Å². The van der Waals surface area contributed by atoms with Gasteiger partial charge in [-0.3, -0.25) is 4.79 Å². The van der Waals surface area contributed by atoms with Crippen molar-refractivity contribution >= 4 is 50.3 Å². The van der Waals surface area contributed by atoms with Crippen LogP contribution in [0.5, 0.6) is 0 Å². The van der Waals surface area contributed by atoms with E-state index in [-0.39, 0.29) is 10.8 Å². The van der Waals surface area contributed by atoms with Gasteiger partial charge < -0.3 is 19.4 Å². The van der Waals surface area contributed by atoms with E-state index in [0.29, 0.717) is 68.1 Å². The number of halogens is 2. The van der Waals surface area contributed by atoms with Gasteiger partial charge in [0.25, 0.3) is 5.91 Å². The van der Waals surface area contributed by atoms with Crippen molar-refractivity contribution in [2.24, 2.45) is 0 Å². The van der Waals surface area contributed by atoms with E-state index in [1.54, 1.807) is 23.1 Å². The fourth-order valence-corrected chi connectivity index (χ4v) is 4.96. The maximum atomic E-state index is 13.5. The van der Waals surface area contributed by atoms with Crippen LogP contribution in [0.15, 0.2) is 41.3 Å². The van der Waals surface area contributed by atoms with E-state index in [0.717, 1.165) is 17.6 Å². The Labute approximate surface area is 198 Å². The Balaban J connectivity index is 1.56. The minimum Gasteiger partial charge on any atom is -0.378 e. The van der Waals surface area contributed by atoms with E-state index >= 15 is 0 Å². The van der Waals surface area contributed by atoms with Gasteiger partial charge in [0.15, 0.2) is 9.84 Å². The summed E-state index contributed by atoms with van der Waals surface area (Å²) < 4.78 is 29.7. The molecule has 0 atom stereocenters. The summed E-state index contributed by atoms with van der Waals surface area (Å²) in [7, 11) is -3.43. The Morgan fingerprint density at radius 1 is 0.875 bits per heavy atom. The second kappa shape index (κ2) is 9.47. The van der Waals surface area contributed by atoms with Gasteiger partial charge in [-0.1, -0.05) is 23.2 Å². The van der Waals surface area contributed by atoms with Crippen LogP contribution in [-0.4, -0.2) is 78.0 Å². The van der Waals surface area contributed by atoms with E-state index in [4.69, 9.17) is 27.9 Å². The van der Waals surface area contributed by atoms with E-state index in [1.165, 1.54) is 6.07 Å². The van der Waals surface area contributed by atoms with Crippen LogP contribution >= 0.6 is 23.2 Å². The van der Waals surface area contributed by atoms with Crippen molar-refractivity contribution in [2.45, 2.75) is 4.90 Å². The molecule has 2 aromatic rings. The first kappa shape index (κ1) is 23.2. The molecule has 4 rings (SSSR count). The van der Waals surface area contributed by atoms with E-state index in [2.05, 4.69) is 9.80 Å². The van der Waals surface area contributed by atoms with Gasteiger partial charge in [0.05, 0.1) is 33.7 Å². The van der Waals surface area contributed by atoms with Crippen LogP contribution in [-0.2, 0) is 14.6 Å². The van der Waals surface area contributed by atoms with Gasteiger partial charge in [0.2, 0.25) is 0 Å². The zero-order valence-electron chi connectivity index (χ0n) is 17.8. The highest BCUT2D eigenvalue weighted by molar-refractivity contribution is 7.90. The molecule has 10 heteroatoms. The zero-order chi connectivity index (χ0) is 22.9. The molecule has 0 aliphatic carbocycles. The third-order valence-electron chi connectivity index (χ3n) is 5.81. The van der Waals surface area contributed by atoms with E-state index in [1.807, 2.05) is 12.1 Å². The molecule has 2 aromatic carbocycles. The standard InChI is InChI=1S/C22H25Cl2N3O4S/c1-32(29,30)17-3-5-21(26-10-12-31-13-11-26)18(15-17)22(28)27-8-6-25(7-9-27)16-2-4-19(23)20(24)14-16/h2-5,14-15H,6-13H2,1H3. The molecule has 2 heterocycles. The number of sulfone groups is 1. The van der Waals surface area contributed by atoms with Crippen LogP contribution in [0, 0.1) is 0 Å². The normalized spacial score (nSPS) is 17.5. The Hall–Kier alpha value is -2.00. The first-order chi connectivity index (χ1) is 15.2. The van der Waals surface area contributed by atoms with E-state index < -0.39 is 9.84 Å². The molecule has 0 aromatic heterocycles. The molecule has 0 unspecified atom stereocenters. The summed E-state index contributed by atoms with van der Waals surface area (Å²) >= 11 is 12.2. The number of hydrogen-bond donors (Lipinski definition) is 0. The molecule has 2 aliphatic rings. The smallest absolute Gasteiger partial charge is 0.256 e. The van der Waals surface area contributed by atoms with Gasteiger partial charge in [-0.05, 0) is 36.4 Å². The number of ether oxygens (including phenoxy) is 1. The van der Waals surface area contributed by atoms with Crippen molar-refractivity contribution < 1.29 is 17.9 Å². The number of carbonyl (C=O) groups is 1. The monoisotopic (exact) mass is 497 g/mol. The highest BCUT2D eigenvalue weighted by Gasteiger charge is 2.27. The Kier molecular flexibility index (Phi) is 6.86. The molecule has 7 nitrogen and oxygen atoms in total. The van der Waals surface area contributed by atoms with Gasteiger partial charge >= 0.3 is 0 Å². The number of rotatable bonds is 4. The van der Waals surface area contributed by atoms with Crippen LogP contribution < -0.4 is 9.80 Å². The topological polar surface area (TPSA) is 70.2 Å². The predicted molar refractivity (Wildman–Crippen MR) is 127 cm³/mol. The van der Waals surface area contributed by atoms with Gasteiger partial charge in [-0.25, -0.2) is 8.42 Å². The molecule has 0 radical (unpaired) electrons. The summed E-state index contributed by atoms with van der Waals surface area (Å²) in [6.07, 6.45) is 1.15. The lowest BCUT2D eigenvalue weighted by Gasteiger charge is -2.37. The van der Waals surface area contributed by atoms with Gasteiger partial charge in [-0.2, -0.15) is 0 Å². The molecule has 0 N–H and O–H groups in total. The number of piperazine rings is 1. The molecule has 0 bridgehead atoms. The minimum atomic E-state index is -3.43. The lowest BCUT2D eigenvalue weighted by Crippen LogP contribution is -2.49. The number of morpholine rings is 1. The molecular formula is C22H25Cl2N3O4S. The Morgan fingerprint density at radius 3 is 2.19 bits per heavy atom. The molecule has 1 amide bonds. The third-order valence-corrected chi connectivity index (χ3v) is 7.66. The van der Waals surface area contributed by atoms with Gasteiger partial charge in [0.1, 0.15) is 0 Å². The second-order valence-electron chi connectivity index (χ2n) is 7.93. The fraction of sp³-hybridized carbons (Fsp3) is 0.409. The van der Waals surface area contributed by atoms with Crippen molar-refractivity contribution in [1.29, 1.82) is 0 Å². The summed E-state index contributed by atoms with van der Waals surface area (Å²) in [5.74, 6) is -0.161. The number of benzene rings is 2. The fourth-order valence-electron chi connectivity index (χ4n) is 4.02. The molecule has 2 saturated heterocycles. The summed E-state index contributed by atoms with van der Waals surface area (Å²) in [5.41, 5.74) is 2.12. The van der Waals surface area contributed by atoms with Crippen LogP contribution in [0.2, 0.25) is 10.0 Å². The summed E-state index contributed by atoms with van der Waals surface area (Å²) in [6, 6.07) is 10.3. The van der Waals surface area contributed by atoms with Crippen LogP contribution in [0.3, 0.4) is 0 Å². The van der Waals surface area contributed by atoms with Crippen molar-refractivity contribution in [3.63, 3.8) is 0 Å². The second-order valence-corrected chi connectivity index (χ2v) is 10.8. The number of amides is 1. The number of nitrogens with zero attached hydrogens (tertiary/aromatic N) is 3. The number of carbonyl (C=O) groups excluding carboxylic acids is 1. The van der Waals surface area contributed by atoms with Crippen LogP contribution in [0.4, 0.5) is 11.4 Å². The quantitative estimate of drug-likeness (QED) is 0.645. The van der Waals surface area contributed by atoms with Crippen molar-refractivity contribution in [1.82, 2.24) is 4.90 Å². The lowest BCUT2D eigenvalue weighted by atomic mass is 10.1. The zero-order valence-corrected chi connectivity index (χ0v) is 20.1. The molecule has 172 valence electrons. The summed E-state index contributed by atoms with van der Waals surface area (Å²) in [6.45, 7) is 4.78. The van der Waals surface area contributed by atoms with Crippen molar-refractivity contribution in [3.05, 3.63) is 52.0 Å². The van der Waals surface area contributed by atoms with Crippen LogP contribution in [0.25, 0.3) is 0 Å². The predicted octanol–water partition coefficient (Wildman–Crippen LogP) is 3.20. The maximum Gasteiger partial charge on any atom is 0.256 e. The summed E-state index contributed by atoms with van der Waals surface area (Å²) in [4.78, 5) is 19.7. The Morgan fingerprint density at radius 2 is 1.56 bits per heavy atom. The van der Waals surface area contributed by atoms with Crippen molar-refractivity contribution in [3.8, 4) is 0 Å². The maximum absolute atomic E-state index is 13.5. The number of hydrogen-bond acceptors (Lipinski definition) is 6. The third kappa shape index (κ3) is 4.98. The SMILES string of the molecule is CS(=O)(=O)c1ccc(N2CCOCC2)c(C(=O)N2CCN(c3ccc(Cl)c(Cl)c3)CC2)c1. The molecule has 2 fully saturated rings.